The molecule has 2 saturated heterocycles. The number of hydrogen-bond acceptors (Lipinski definition) is 5. The third-order valence-electron chi connectivity index (χ3n) is 5.20. The molecule has 2 aliphatic heterocycles. The Bertz CT molecular complexity index is 519. The Hall–Kier alpha value is -1.47. The molecule has 0 radical (unpaired) electrons. The number of nitrogens with zero attached hydrogens (tertiary/aromatic N) is 1. The van der Waals surface area contributed by atoms with Crippen LogP contribution in [-0.2, 0) is 19.1 Å². The lowest BCUT2D eigenvalue weighted by Gasteiger charge is -2.43. The lowest BCUT2D eigenvalue weighted by Crippen LogP contribution is -2.60. The van der Waals surface area contributed by atoms with Crippen molar-refractivity contribution in [1.29, 1.82) is 0 Å². The van der Waals surface area contributed by atoms with Crippen LogP contribution in [0, 0.1) is 11.8 Å². The fraction of sp³-hybridized carbons (Fsp3) is 0.824. The second kappa shape index (κ2) is 7.19. The molecular formula is C17H27NO6. The minimum atomic E-state index is -2.18. The molecule has 136 valence electrons. The molecule has 1 amide bonds. The maximum absolute atomic E-state index is 12.7. The smallest absolute Gasteiger partial charge is 0.326 e. The fourth-order valence-electron chi connectivity index (χ4n) is 3.48. The summed E-state index contributed by atoms with van der Waals surface area (Å²) in [5, 5.41) is 20.1. The molecule has 2 N–H and O–H groups in total. The number of hydrogen-bond donors (Lipinski definition) is 2. The average molecular weight is 341 g/mol. The molecule has 0 saturated carbocycles. The summed E-state index contributed by atoms with van der Waals surface area (Å²) in [6, 6.07) is -1.02. The summed E-state index contributed by atoms with van der Waals surface area (Å²) in [5.41, 5.74) is 0. The van der Waals surface area contributed by atoms with Gasteiger partial charge in [0.15, 0.2) is 0 Å². The normalized spacial score (nSPS) is 34.2. The summed E-state index contributed by atoms with van der Waals surface area (Å²) in [5.74, 6) is -5.72. The summed E-state index contributed by atoms with van der Waals surface area (Å²) in [6.45, 7) is 5.74. The van der Waals surface area contributed by atoms with Crippen LogP contribution < -0.4 is 0 Å². The Labute approximate surface area is 142 Å². The van der Waals surface area contributed by atoms with E-state index >= 15 is 0 Å². The molecule has 0 aromatic heterocycles. The predicted molar refractivity (Wildman–Crippen MR) is 85.1 cm³/mol. The van der Waals surface area contributed by atoms with Crippen LogP contribution in [0.4, 0.5) is 0 Å². The van der Waals surface area contributed by atoms with Crippen molar-refractivity contribution in [2.45, 2.75) is 70.8 Å². The Morgan fingerprint density at radius 2 is 1.83 bits per heavy atom. The number of Topliss-reactive ketones (excluding diaryl/α,β-unsaturated/α-hetero) is 1. The van der Waals surface area contributed by atoms with Gasteiger partial charge in [-0.1, -0.05) is 20.8 Å². The number of ether oxygens (including phenoxy) is 1. The zero-order valence-corrected chi connectivity index (χ0v) is 14.5. The number of carbonyl (C=O) groups is 3. The van der Waals surface area contributed by atoms with E-state index in [-0.39, 0.29) is 18.6 Å². The van der Waals surface area contributed by atoms with Crippen molar-refractivity contribution in [3.05, 3.63) is 0 Å². The minimum Gasteiger partial charge on any atom is -0.480 e. The number of carboxylic acid groups (broad SMARTS) is 1. The number of amides is 1. The second-order valence-corrected chi connectivity index (χ2v) is 7.25. The lowest BCUT2D eigenvalue weighted by molar-refractivity contribution is -0.269. The van der Waals surface area contributed by atoms with Crippen molar-refractivity contribution < 1.29 is 29.3 Å². The van der Waals surface area contributed by atoms with Crippen LogP contribution >= 0.6 is 0 Å². The number of carboxylic acids is 1. The zero-order valence-electron chi connectivity index (χ0n) is 14.5. The SMILES string of the molecule is CC(C)C1CC[C@@H](C)[C@](O)(C(=O)C(=O)N2CCCC[C@H]2C(=O)O)O1. The first-order valence-electron chi connectivity index (χ1n) is 8.66. The molecular weight excluding hydrogens is 314 g/mol. The third-order valence-corrected chi connectivity index (χ3v) is 5.20. The number of likely N-dealkylation sites (tertiary alicyclic amines) is 1. The van der Waals surface area contributed by atoms with E-state index < -0.39 is 35.4 Å². The van der Waals surface area contributed by atoms with Gasteiger partial charge in [-0.05, 0) is 38.0 Å². The van der Waals surface area contributed by atoms with Gasteiger partial charge in [-0.15, -0.1) is 0 Å². The van der Waals surface area contributed by atoms with E-state index in [9.17, 15) is 24.6 Å². The highest BCUT2D eigenvalue weighted by atomic mass is 16.6. The first-order valence-corrected chi connectivity index (χ1v) is 8.66. The highest BCUT2D eigenvalue weighted by molar-refractivity contribution is 6.39. The largest absolute Gasteiger partial charge is 0.480 e. The molecule has 7 nitrogen and oxygen atoms in total. The van der Waals surface area contributed by atoms with E-state index in [1.54, 1.807) is 6.92 Å². The monoisotopic (exact) mass is 341 g/mol. The van der Waals surface area contributed by atoms with Crippen molar-refractivity contribution in [2.24, 2.45) is 11.8 Å². The summed E-state index contributed by atoms with van der Waals surface area (Å²) >= 11 is 0. The van der Waals surface area contributed by atoms with Crippen molar-refractivity contribution in [3.8, 4) is 0 Å². The van der Waals surface area contributed by atoms with Gasteiger partial charge < -0.3 is 19.8 Å². The van der Waals surface area contributed by atoms with Crippen LogP contribution in [0.3, 0.4) is 0 Å². The summed E-state index contributed by atoms with van der Waals surface area (Å²) < 4.78 is 5.63. The van der Waals surface area contributed by atoms with E-state index in [0.717, 1.165) is 4.90 Å². The first-order chi connectivity index (χ1) is 11.2. The molecule has 0 aliphatic carbocycles. The third kappa shape index (κ3) is 3.47. The van der Waals surface area contributed by atoms with Crippen molar-refractivity contribution in [1.82, 2.24) is 4.90 Å². The van der Waals surface area contributed by atoms with Crippen LogP contribution in [-0.4, -0.2) is 57.3 Å². The molecule has 1 unspecified atom stereocenters. The highest BCUT2D eigenvalue weighted by Gasteiger charge is 2.52. The van der Waals surface area contributed by atoms with Gasteiger partial charge in [-0.3, -0.25) is 9.59 Å². The summed E-state index contributed by atoms with van der Waals surface area (Å²) in [4.78, 5) is 37.7. The second-order valence-electron chi connectivity index (χ2n) is 7.25. The quantitative estimate of drug-likeness (QED) is 0.744. The van der Waals surface area contributed by atoms with Gasteiger partial charge in [-0.25, -0.2) is 4.79 Å². The van der Waals surface area contributed by atoms with Crippen LogP contribution in [0.5, 0.6) is 0 Å². The topological polar surface area (TPSA) is 104 Å². The molecule has 0 bridgehead atoms. The van der Waals surface area contributed by atoms with Gasteiger partial charge in [0.25, 0.3) is 11.7 Å². The molecule has 7 heteroatoms. The molecule has 0 aromatic rings. The van der Waals surface area contributed by atoms with Gasteiger partial charge >= 0.3 is 5.97 Å². The van der Waals surface area contributed by atoms with Gasteiger partial charge in [0, 0.05) is 12.5 Å². The molecule has 2 fully saturated rings. The maximum atomic E-state index is 12.7. The van der Waals surface area contributed by atoms with E-state index in [2.05, 4.69) is 0 Å². The number of carbonyl (C=O) groups excluding carboxylic acids is 2. The Morgan fingerprint density at radius 1 is 1.17 bits per heavy atom. The molecule has 2 aliphatic rings. The van der Waals surface area contributed by atoms with Crippen LogP contribution in [0.25, 0.3) is 0 Å². The number of piperidine rings is 1. The van der Waals surface area contributed by atoms with Crippen molar-refractivity contribution in [3.63, 3.8) is 0 Å². The van der Waals surface area contributed by atoms with Crippen LogP contribution in [0.1, 0.15) is 52.9 Å². The van der Waals surface area contributed by atoms with Crippen molar-refractivity contribution >= 4 is 17.7 Å². The first kappa shape index (κ1) is 18.9. The molecule has 4 atom stereocenters. The van der Waals surface area contributed by atoms with E-state index in [1.807, 2.05) is 13.8 Å². The number of aliphatic hydroxyl groups is 1. The Kier molecular flexibility index (Phi) is 5.65. The number of aliphatic carboxylic acids is 1. The van der Waals surface area contributed by atoms with Gasteiger partial charge in [0.1, 0.15) is 6.04 Å². The van der Waals surface area contributed by atoms with Crippen LogP contribution in [0.15, 0.2) is 0 Å². The fourth-order valence-corrected chi connectivity index (χ4v) is 3.48. The van der Waals surface area contributed by atoms with Gasteiger partial charge in [0.2, 0.25) is 5.79 Å². The predicted octanol–water partition coefficient (Wildman–Crippen LogP) is 1.18. The maximum Gasteiger partial charge on any atom is 0.326 e. The van der Waals surface area contributed by atoms with E-state index in [0.29, 0.717) is 32.1 Å². The Morgan fingerprint density at radius 3 is 2.42 bits per heavy atom. The van der Waals surface area contributed by atoms with E-state index in [4.69, 9.17) is 4.74 Å². The van der Waals surface area contributed by atoms with Crippen molar-refractivity contribution in [2.75, 3.05) is 6.54 Å². The van der Waals surface area contributed by atoms with Gasteiger partial charge in [0.05, 0.1) is 6.10 Å². The standard InChI is InChI=1S/C17H27NO6/c1-10(2)13-8-7-11(3)17(23,24-13)14(19)15(20)18-9-5-4-6-12(18)16(21)22/h10-13,23H,4-9H2,1-3H3,(H,21,22)/t11-,12+,13?,17-/m1/s1. The molecule has 2 rings (SSSR count). The van der Waals surface area contributed by atoms with Crippen LogP contribution in [0.2, 0.25) is 0 Å². The summed E-state index contributed by atoms with van der Waals surface area (Å²) in [6.07, 6.45) is 2.63. The number of rotatable bonds is 4. The lowest BCUT2D eigenvalue weighted by atomic mass is 9.84. The molecule has 2 heterocycles. The number of ketones is 1. The highest BCUT2D eigenvalue weighted by Crippen LogP contribution is 2.36. The molecule has 0 spiro atoms. The average Bonchev–Trinajstić information content (AvgIpc) is 2.55. The van der Waals surface area contributed by atoms with Gasteiger partial charge in [-0.2, -0.15) is 0 Å². The summed E-state index contributed by atoms with van der Waals surface area (Å²) in [7, 11) is 0. The molecule has 24 heavy (non-hydrogen) atoms. The molecule has 0 aromatic carbocycles. The Balaban J connectivity index is 2.21. The van der Waals surface area contributed by atoms with E-state index in [1.165, 1.54) is 0 Å². The zero-order chi connectivity index (χ0) is 18.1. The minimum absolute atomic E-state index is 0.105.